The lowest BCUT2D eigenvalue weighted by Crippen LogP contribution is -2.35. The van der Waals surface area contributed by atoms with Gasteiger partial charge in [-0.05, 0) is 19.3 Å². The van der Waals surface area contributed by atoms with Crippen LogP contribution in [-0.2, 0) is 14.3 Å². The van der Waals surface area contributed by atoms with E-state index in [0.29, 0.717) is 12.8 Å². The quantitative estimate of drug-likeness (QED) is 0.715. The zero-order valence-electron chi connectivity index (χ0n) is 8.03. The zero-order chi connectivity index (χ0) is 9.84. The summed E-state index contributed by atoms with van der Waals surface area (Å²) in [6.45, 7) is 0. The van der Waals surface area contributed by atoms with Crippen LogP contribution in [0.15, 0.2) is 0 Å². The van der Waals surface area contributed by atoms with Crippen LogP contribution in [0.25, 0.3) is 0 Å². The van der Waals surface area contributed by atoms with E-state index in [2.05, 4.69) is 0 Å². The molecule has 0 aromatic rings. The Morgan fingerprint density at radius 2 is 1.62 bits per heavy atom. The lowest BCUT2D eigenvalue weighted by molar-refractivity contribution is -0.147. The number of hydrogen-bond acceptors (Lipinski definition) is 3. The van der Waals surface area contributed by atoms with Gasteiger partial charge >= 0.3 is 5.97 Å². The van der Waals surface area contributed by atoms with Gasteiger partial charge in [-0.3, -0.25) is 4.79 Å². The van der Waals surface area contributed by atoms with E-state index >= 15 is 0 Å². The average molecular weight is 188 g/mol. The molecule has 1 aliphatic rings. The highest BCUT2D eigenvalue weighted by molar-refractivity contribution is 5.70. The largest absolute Gasteiger partial charge is 0.481 e. The Morgan fingerprint density at radius 3 is 1.92 bits per heavy atom. The van der Waals surface area contributed by atoms with Crippen LogP contribution >= 0.6 is 0 Å². The second-order valence-electron chi connectivity index (χ2n) is 3.46. The molecule has 1 N–H and O–H groups in total. The summed E-state index contributed by atoms with van der Waals surface area (Å²) < 4.78 is 10.3. The first-order valence-electron chi connectivity index (χ1n) is 4.45. The van der Waals surface area contributed by atoms with Crippen molar-refractivity contribution in [3.05, 3.63) is 0 Å². The average Bonchev–Trinajstić information content (AvgIpc) is 2.16. The standard InChI is InChI=1S/C9H16O4/c1-12-7-3-6(9(10)11)4-8(5-7)13-2/h6-8H,3-5H2,1-2H3,(H,10,11). The molecule has 1 aliphatic carbocycles. The van der Waals surface area contributed by atoms with Gasteiger partial charge in [-0.2, -0.15) is 0 Å². The zero-order valence-corrected chi connectivity index (χ0v) is 8.03. The molecule has 2 unspecified atom stereocenters. The summed E-state index contributed by atoms with van der Waals surface area (Å²) >= 11 is 0. The molecule has 0 spiro atoms. The van der Waals surface area contributed by atoms with E-state index in [0.717, 1.165) is 6.42 Å². The minimum Gasteiger partial charge on any atom is -0.481 e. The van der Waals surface area contributed by atoms with E-state index < -0.39 is 5.97 Å². The van der Waals surface area contributed by atoms with Gasteiger partial charge in [0.05, 0.1) is 18.1 Å². The first kappa shape index (κ1) is 10.5. The van der Waals surface area contributed by atoms with Crippen molar-refractivity contribution >= 4 is 5.97 Å². The minimum atomic E-state index is -0.746. The molecule has 0 aromatic heterocycles. The Labute approximate surface area is 77.8 Å². The second-order valence-corrected chi connectivity index (χ2v) is 3.46. The number of rotatable bonds is 3. The molecule has 0 bridgehead atoms. The van der Waals surface area contributed by atoms with Crippen LogP contribution in [0.3, 0.4) is 0 Å². The molecule has 0 saturated heterocycles. The normalized spacial score (nSPS) is 34.5. The third-order valence-electron chi connectivity index (χ3n) is 2.64. The summed E-state index contributed by atoms with van der Waals surface area (Å²) in [5, 5.41) is 8.85. The molecular formula is C9H16O4. The van der Waals surface area contributed by atoms with E-state index in [1.807, 2.05) is 0 Å². The fraction of sp³-hybridized carbons (Fsp3) is 0.889. The SMILES string of the molecule is COC1CC(OC)CC(C(=O)O)C1. The molecule has 4 nitrogen and oxygen atoms in total. The maximum Gasteiger partial charge on any atom is 0.306 e. The smallest absolute Gasteiger partial charge is 0.306 e. The minimum absolute atomic E-state index is 0.0276. The lowest BCUT2D eigenvalue weighted by Gasteiger charge is -2.31. The molecule has 1 rings (SSSR count). The summed E-state index contributed by atoms with van der Waals surface area (Å²) in [5.41, 5.74) is 0. The molecule has 1 saturated carbocycles. The van der Waals surface area contributed by atoms with Gasteiger partial charge in [0.15, 0.2) is 0 Å². The van der Waals surface area contributed by atoms with Crippen LogP contribution in [0.2, 0.25) is 0 Å². The van der Waals surface area contributed by atoms with Crippen molar-refractivity contribution in [3.63, 3.8) is 0 Å². The van der Waals surface area contributed by atoms with E-state index in [-0.39, 0.29) is 18.1 Å². The first-order chi connectivity index (χ1) is 6.17. The van der Waals surface area contributed by atoms with Gasteiger partial charge in [-0.25, -0.2) is 0 Å². The number of hydrogen-bond donors (Lipinski definition) is 1. The summed E-state index contributed by atoms with van der Waals surface area (Å²) in [4.78, 5) is 10.8. The fourth-order valence-electron chi connectivity index (χ4n) is 1.80. The molecule has 0 aromatic carbocycles. The molecule has 13 heavy (non-hydrogen) atoms. The first-order valence-corrected chi connectivity index (χ1v) is 4.45. The highest BCUT2D eigenvalue weighted by Gasteiger charge is 2.32. The van der Waals surface area contributed by atoms with E-state index in [4.69, 9.17) is 14.6 Å². The van der Waals surface area contributed by atoms with Gasteiger partial charge in [-0.15, -0.1) is 0 Å². The topological polar surface area (TPSA) is 55.8 Å². The van der Waals surface area contributed by atoms with Crippen molar-refractivity contribution in [2.75, 3.05) is 14.2 Å². The van der Waals surface area contributed by atoms with Crippen molar-refractivity contribution in [2.45, 2.75) is 31.5 Å². The van der Waals surface area contributed by atoms with Gasteiger partial charge in [-0.1, -0.05) is 0 Å². The predicted octanol–water partition coefficient (Wildman–Crippen LogP) is 0.901. The Bertz CT molecular complexity index is 168. The van der Waals surface area contributed by atoms with Crippen molar-refractivity contribution in [2.24, 2.45) is 5.92 Å². The van der Waals surface area contributed by atoms with Gasteiger partial charge in [0.2, 0.25) is 0 Å². The van der Waals surface area contributed by atoms with Crippen molar-refractivity contribution in [1.82, 2.24) is 0 Å². The second kappa shape index (κ2) is 4.58. The van der Waals surface area contributed by atoms with Crippen molar-refractivity contribution in [1.29, 1.82) is 0 Å². The molecule has 4 heteroatoms. The summed E-state index contributed by atoms with van der Waals surface area (Å²) in [7, 11) is 3.23. The van der Waals surface area contributed by atoms with Crippen LogP contribution in [0.5, 0.6) is 0 Å². The fourth-order valence-corrected chi connectivity index (χ4v) is 1.80. The summed E-state index contributed by atoms with van der Waals surface area (Å²) in [6.07, 6.45) is 2.06. The van der Waals surface area contributed by atoms with Gasteiger partial charge in [0, 0.05) is 14.2 Å². The van der Waals surface area contributed by atoms with Crippen LogP contribution < -0.4 is 0 Å². The number of aliphatic carboxylic acids is 1. The van der Waals surface area contributed by atoms with Crippen LogP contribution in [0.1, 0.15) is 19.3 Å². The molecule has 0 amide bonds. The van der Waals surface area contributed by atoms with E-state index in [1.165, 1.54) is 0 Å². The van der Waals surface area contributed by atoms with E-state index in [9.17, 15) is 4.79 Å². The molecule has 0 radical (unpaired) electrons. The maximum atomic E-state index is 10.8. The predicted molar refractivity (Wildman–Crippen MR) is 46.6 cm³/mol. The van der Waals surface area contributed by atoms with Gasteiger partial charge in [0.1, 0.15) is 0 Å². The highest BCUT2D eigenvalue weighted by atomic mass is 16.5. The highest BCUT2D eigenvalue weighted by Crippen LogP contribution is 2.28. The Kier molecular flexibility index (Phi) is 3.69. The summed E-state index contributed by atoms with van der Waals surface area (Å²) in [6, 6.07) is 0. The molecule has 76 valence electrons. The Morgan fingerprint density at radius 1 is 1.15 bits per heavy atom. The number of ether oxygens (including phenoxy) is 2. The number of carboxylic acid groups (broad SMARTS) is 1. The van der Waals surface area contributed by atoms with Crippen molar-refractivity contribution in [3.8, 4) is 0 Å². The summed E-state index contributed by atoms with van der Waals surface area (Å²) in [5.74, 6) is -1.06. The Hall–Kier alpha value is -0.610. The maximum absolute atomic E-state index is 10.8. The van der Waals surface area contributed by atoms with Gasteiger partial charge < -0.3 is 14.6 Å². The molecule has 0 aliphatic heterocycles. The van der Waals surface area contributed by atoms with Crippen LogP contribution in [0.4, 0.5) is 0 Å². The number of carboxylic acids is 1. The van der Waals surface area contributed by atoms with E-state index in [1.54, 1.807) is 14.2 Å². The number of methoxy groups -OCH3 is 2. The van der Waals surface area contributed by atoms with Crippen LogP contribution in [-0.4, -0.2) is 37.5 Å². The number of carbonyl (C=O) groups is 1. The third kappa shape index (κ3) is 2.67. The monoisotopic (exact) mass is 188 g/mol. The molecular weight excluding hydrogens is 172 g/mol. The molecule has 1 fully saturated rings. The van der Waals surface area contributed by atoms with Crippen molar-refractivity contribution < 1.29 is 19.4 Å². The lowest BCUT2D eigenvalue weighted by atomic mass is 9.85. The Balaban J connectivity index is 2.54. The third-order valence-corrected chi connectivity index (χ3v) is 2.64. The van der Waals surface area contributed by atoms with Gasteiger partial charge in [0.25, 0.3) is 0 Å². The molecule has 2 atom stereocenters. The van der Waals surface area contributed by atoms with Crippen LogP contribution in [0, 0.1) is 5.92 Å². The molecule has 0 heterocycles.